The van der Waals surface area contributed by atoms with Crippen LogP contribution in [0.3, 0.4) is 0 Å². The molecule has 2 aromatic rings. The summed E-state index contributed by atoms with van der Waals surface area (Å²) in [7, 11) is 1.60. The Kier molecular flexibility index (Phi) is 6.06. The minimum absolute atomic E-state index is 0.0636. The van der Waals surface area contributed by atoms with Gasteiger partial charge in [0.25, 0.3) is 0 Å². The molecule has 1 saturated heterocycles. The maximum absolute atomic E-state index is 13.0. The number of benzene rings is 2. The fourth-order valence-corrected chi connectivity index (χ4v) is 3.20. The van der Waals surface area contributed by atoms with Gasteiger partial charge in [-0.2, -0.15) is 0 Å². The van der Waals surface area contributed by atoms with E-state index >= 15 is 0 Å². The normalized spacial score (nSPS) is 16.4. The van der Waals surface area contributed by atoms with Gasteiger partial charge in [-0.15, -0.1) is 0 Å². The lowest BCUT2D eigenvalue weighted by Gasteiger charge is -2.17. The molecule has 0 spiro atoms. The molecule has 0 saturated carbocycles. The van der Waals surface area contributed by atoms with Crippen molar-refractivity contribution in [1.82, 2.24) is 10.2 Å². The molecule has 2 amide bonds. The Morgan fingerprint density at radius 3 is 2.48 bits per heavy atom. The first-order valence-corrected chi connectivity index (χ1v) is 8.95. The van der Waals surface area contributed by atoms with Crippen molar-refractivity contribution in [3.8, 4) is 5.75 Å². The number of halogens is 1. The van der Waals surface area contributed by atoms with Gasteiger partial charge in [-0.25, -0.2) is 4.39 Å². The number of methoxy groups -OCH3 is 1. The molecule has 5 nitrogen and oxygen atoms in total. The van der Waals surface area contributed by atoms with Crippen molar-refractivity contribution in [3.05, 3.63) is 65.5 Å². The van der Waals surface area contributed by atoms with Crippen LogP contribution in [-0.2, 0) is 22.6 Å². The Morgan fingerprint density at radius 1 is 1.15 bits per heavy atom. The van der Waals surface area contributed by atoms with Crippen molar-refractivity contribution in [1.29, 1.82) is 0 Å². The summed E-state index contributed by atoms with van der Waals surface area (Å²) in [5.41, 5.74) is 1.81. The molecule has 1 heterocycles. The molecule has 142 valence electrons. The Labute approximate surface area is 158 Å². The van der Waals surface area contributed by atoms with Gasteiger partial charge >= 0.3 is 0 Å². The molecule has 3 rings (SSSR count). The predicted octanol–water partition coefficient (Wildman–Crippen LogP) is 2.54. The third-order valence-corrected chi connectivity index (χ3v) is 4.69. The van der Waals surface area contributed by atoms with E-state index in [2.05, 4.69) is 5.32 Å². The largest absolute Gasteiger partial charge is 0.497 e. The van der Waals surface area contributed by atoms with Crippen molar-refractivity contribution in [2.75, 3.05) is 20.2 Å². The highest BCUT2D eigenvalue weighted by Crippen LogP contribution is 2.20. The SMILES string of the molecule is COc1ccc(CC(=O)NCC2CC(=O)N(Cc3ccc(F)cc3)C2)cc1. The molecule has 1 N–H and O–H groups in total. The number of likely N-dealkylation sites (tertiary alicyclic amines) is 1. The maximum atomic E-state index is 13.0. The van der Waals surface area contributed by atoms with Gasteiger partial charge in [0.2, 0.25) is 11.8 Å². The zero-order valence-electron chi connectivity index (χ0n) is 15.3. The Morgan fingerprint density at radius 2 is 1.81 bits per heavy atom. The van der Waals surface area contributed by atoms with Gasteiger partial charge in [0.15, 0.2) is 0 Å². The second-order valence-electron chi connectivity index (χ2n) is 6.80. The van der Waals surface area contributed by atoms with Gasteiger partial charge in [-0.05, 0) is 35.4 Å². The van der Waals surface area contributed by atoms with Crippen LogP contribution in [0, 0.1) is 11.7 Å². The molecule has 0 radical (unpaired) electrons. The monoisotopic (exact) mass is 370 g/mol. The molecule has 27 heavy (non-hydrogen) atoms. The highest BCUT2D eigenvalue weighted by Gasteiger charge is 2.29. The number of nitrogens with zero attached hydrogens (tertiary/aromatic N) is 1. The summed E-state index contributed by atoms with van der Waals surface area (Å²) < 4.78 is 18.1. The van der Waals surface area contributed by atoms with Gasteiger partial charge in [-0.1, -0.05) is 24.3 Å². The summed E-state index contributed by atoms with van der Waals surface area (Å²) in [5.74, 6) is 0.560. The van der Waals surface area contributed by atoms with Crippen LogP contribution in [-0.4, -0.2) is 36.9 Å². The maximum Gasteiger partial charge on any atom is 0.224 e. The van der Waals surface area contributed by atoms with E-state index in [1.807, 2.05) is 24.3 Å². The summed E-state index contributed by atoms with van der Waals surface area (Å²) in [6, 6.07) is 13.5. The molecule has 0 aliphatic carbocycles. The van der Waals surface area contributed by atoms with Crippen LogP contribution in [0.2, 0.25) is 0 Å². The first-order chi connectivity index (χ1) is 13.0. The first-order valence-electron chi connectivity index (χ1n) is 8.95. The van der Waals surface area contributed by atoms with E-state index in [9.17, 15) is 14.0 Å². The summed E-state index contributed by atoms with van der Waals surface area (Å²) in [4.78, 5) is 26.1. The number of amides is 2. The van der Waals surface area contributed by atoms with Crippen LogP contribution in [0.5, 0.6) is 5.75 Å². The van der Waals surface area contributed by atoms with Crippen LogP contribution in [0.4, 0.5) is 4.39 Å². The lowest BCUT2D eigenvalue weighted by Crippen LogP contribution is -2.32. The fraction of sp³-hybridized carbons (Fsp3) is 0.333. The molecule has 1 aliphatic rings. The van der Waals surface area contributed by atoms with Crippen molar-refractivity contribution in [2.45, 2.75) is 19.4 Å². The zero-order chi connectivity index (χ0) is 19.2. The fourth-order valence-electron chi connectivity index (χ4n) is 3.20. The molecular formula is C21H23FN2O3. The topological polar surface area (TPSA) is 58.6 Å². The van der Waals surface area contributed by atoms with E-state index in [0.29, 0.717) is 32.5 Å². The molecule has 2 aromatic carbocycles. The highest BCUT2D eigenvalue weighted by molar-refractivity contribution is 5.80. The molecule has 1 aliphatic heterocycles. The highest BCUT2D eigenvalue weighted by atomic mass is 19.1. The van der Waals surface area contributed by atoms with Gasteiger partial charge in [0, 0.05) is 32.0 Å². The Bertz CT molecular complexity index is 790. The van der Waals surface area contributed by atoms with E-state index in [0.717, 1.165) is 16.9 Å². The van der Waals surface area contributed by atoms with Gasteiger partial charge in [0.1, 0.15) is 11.6 Å². The average Bonchev–Trinajstić information content (AvgIpc) is 3.02. The molecule has 1 fully saturated rings. The van der Waals surface area contributed by atoms with Crippen molar-refractivity contribution >= 4 is 11.8 Å². The number of carbonyl (C=O) groups is 2. The van der Waals surface area contributed by atoms with Gasteiger partial charge < -0.3 is 15.0 Å². The quantitative estimate of drug-likeness (QED) is 0.815. The van der Waals surface area contributed by atoms with E-state index in [1.54, 1.807) is 24.1 Å². The van der Waals surface area contributed by atoms with Crippen molar-refractivity contribution in [2.24, 2.45) is 5.92 Å². The number of hydrogen-bond acceptors (Lipinski definition) is 3. The van der Waals surface area contributed by atoms with Crippen LogP contribution in [0.15, 0.2) is 48.5 Å². The number of hydrogen-bond donors (Lipinski definition) is 1. The standard InChI is InChI=1S/C21H23FN2O3/c1-27-19-8-4-15(5-9-19)10-20(25)23-12-17-11-21(26)24(14-17)13-16-2-6-18(22)7-3-16/h2-9,17H,10-14H2,1H3,(H,23,25). The molecular weight excluding hydrogens is 347 g/mol. The van der Waals surface area contributed by atoms with Crippen LogP contribution in [0.1, 0.15) is 17.5 Å². The van der Waals surface area contributed by atoms with E-state index in [1.165, 1.54) is 12.1 Å². The zero-order valence-corrected chi connectivity index (χ0v) is 15.3. The number of rotatable bonds is 7. The summed E-state index contributed by atoms with van der Waals surface area (Å²) in [5, 5.41) is 2.92. The van der Waals surface area contributed by atoms with Crippen LogP contribution >= 0.6 is 0 Å². The summed E-state index contributed by atoms with van der Waals surface area (Å²) in [6.07, 6.45) is 0.716. The molecule has 1 unspecified atom stereocenters. The number of ether oxygens (including phenoxy) is 1. The van der Waals surface area contributed by atoms with Crippen molar-refractivity contribution in [3.63, 3.8) is 0 Å². The average molecular weight is 370 g/mol. The van der Waals surface area contributed by atoms with Crippen molar-refractivity contribution < 1.29 is 18.7 Å². The van der Waals surface area contributed by atoms with Gasteiger partial charge in [0.05, 0.1) is 13.5 Å². The lowest BCUT2D eigenvalue weighted by molar-refractivity contribution is -0.128. The van der Waals surface area contributed by atoms with Crippen LogP contribution in [0.25, 0.3) is 0 Å². The Balaban J connectivity index is 1.45. The third-order valence-electron chi connectivity index (χ3n) is 4.69. The third kappa shape index (κ3) is 5.29. The number of nitrogens with one attached hydrogen (secondary N) is 1. The molecule has 0 aromatic heterocycles. The predicted molar refractivity (Wildman–Crippen MR) is 99.6 cm³/mol. The number of carbonyl (C=O) groups excluding carboxylic acids is 2. The molecule has 1 atom stereocenters. The van der Waals surface area contributed by atoms with Crippen LogP contribution < -0.4 is 10.1 Å². The molecule has 6 heteroatoms. The molecule has 0 bridgehead atoms. The first kappa shape index (κ1) is 18.9. The summed E-state index contributed by atoms with van der Waals surface area (Å²) >= 11 is 0. The van der Waals surface area contributed by atoms with E-state index < -0.39 is 0 Å². The van der Waals surface area contributed by atoms with E-state index in [4.69, 9.17) is 4.74 Å². The minimum atomic E-state index is -0.288. The lowest BCUT2D eigenvalue weighted by atomic mass is 10.1. The second-order valence-corrected chi connectivity index (χ2v) is 6.80. The summed E-state index contributed by atoms with van der Waals surface area (Å²) in [6.45, 7) is 1.54. The smallest absolute Gasteiger partial charge is 0.224 e. The Hall–Kier alpha value is -2.89. The van der Waals surface area contributed by atoms with Gasteiger partial charge in [-0.3, -0.25) is 9.59 Å². The minimum Gasteiger partial charge on any atom is -0.497 e. The second kappa shape index (κ2) is 8.66. The van der Waals surface area contributed by atoms with E-state index in [-0.39, 0.29) is 23.5 Å².